The molecule has 1 amide bonds. The number of nitrogens with zero attached hydrogens (tertiary/aromatic N) is 1. The van der Waals surface area contributed by atoms with Gasteiger partial charge in [-0.1, -0.05) is 6.07 Å². The first-order valence-electron chi connectivity index (χ1n) is 7.70. The van der Waals surface area contributed by atoms with Gasteiger partial charge in [-0.3, -0.25) is 4.79 Å². The summed E-state index contributed by atoms with van der Waals surface area (Å²) in [4.78, 5) is 26.8. The Morgan fingerprint density at radius 2 is 2.04 bits per heavy atom. The second-order valence-corrected chi connectivity index (χ2v) is 6.65. The first-order chi connectivity index (χ1) is 12.2. The summed E-state index contributed by atoms with van der Waals surface area (Å²) in [5.41, 5.74) is 2.23. The number of anilines is 1. The van der Waals surface area contributed by atoms with Crippen LogP contribution < -0.4 is 14.4 Å². The maximum absolute atomic E-state index is 12.4. The van der Waals surface area contributed by atoms with Gasteiger partial charge in [-0.15, -0.1) is 11.8 Å². The predicted octanol–water partition coefficient (Wildman–Crippen LogP) is 2.84. The molecule has 2 aromatic rings. The Balaban J connectivity index is 1.64. The van der Waals surface area contributed by atoms with Crippen molar-refractivity contribution >= 4 is 29.3 Å². The van der Waals surface area contributed by atoms with Crippen molar-refractivity contribution in [2.75, 3.05) is 24.6 Å². The number of carbonyl (C=O) groups excluding carboxylic acids is 2. The van der Waals surface area contributed by atoms with E-state index in [1.165, 1.54) is 18.9 Å². The lowest BCUT2D eigenvalue weighted by Gasteiger charge is -2.29. The van der Waals surface area contributed by atoms with E-state index in [0.29, 0.717) is 29.4 Å². The van der Waals surface area contributed by atoms with Crippen LogP contribution in [0.15, 0.2) is 41.3 Å². The third kappa shape index (κ3) is 2.91. The third-order valence-electron chi connectivity index (χ3n) is 4.10. The van der Waals surface area contributed by atoms with Gasteiger partial charge in [-0.05, 0) is 35.9 Å². The van der Waals surface area contributed by atoms with Gasteiger partial charge in [0, 0.05) is 4.90 Å². The largest absolute Gasteiger partial charge is 0.465 e. The molecule has 2 heterocycles. The van der Waals surface area contributed by atoms with Crippen LogP contribution in [0, 0.1) is 0 Å². The highest BCUT2D eigenvalue weighted by Gasteiger charge is 2.26. The molecule has 0 atom stereocenters. The van der Waals surface area contributed by atoms with Crippen LogP contribution in [-0.2, 0) is 16.1 Å². The van der Waals surface area contributed by atoms with Crippen LogP contribution in [0.5, 0.6) is 11.5 Å². The molecule has 2 aromatic carbocycles. The zero-order valence-corrected chi connectivity index (χ0v) is 14.3. The number of ether oxygens (including phenoxy) is 3. The van der Waals surface area contributed by atoms with Gasteiger partial charge in [0.2, 0.25) is 12.7 Å². The number of thioether (sulfide) groups is 1. The number of rotatable bonds is 3. The zero-order chi connectivity index (χ0) is 17.4. The summed E-state index contributed by atoms with van der Waals surface area (Å²) in [6.07, 6.45) is 0. The maximum atomic E-state index is 12.4. The fourth-order valence-corrected chi connectivity index (χ4v) is 3.82. The van der Waals surface area contributed by atoms with Crippen molar-refractivity contribution in [2.24, 2.45) is 0 Å². The first-order valence-corrected chi connectivity index (χ1v) is 8.68. The second kappa shape index (κ2) is 6.33. The summed E-state index contributed by atoms with van der Waals surface area (Å²) in [7, 11) is 1.35. The standard InChI is InChI=1S/C18H15NO5S/c1-22-18(21)12-3-4-13-16(7-12)25-9-17(20)19(13)8-11-2-5-14-15(6-11)24-10-23-14/h2-7H,8-10H2,1H3. The van der Waals surface area contributed by atoms with E-state index in [2.05, 4.69) is 0 Å². The summed E-state index contributed by atoms with van der Waals surface area (Å²) in [6, 6.07) is 10.9. The molecule has 0 saturated heterocycles. The summed E-state index contributed by atoms with van der Waals surface area (Å²) >= 11 is 1.43. The monoisotopic (exact) mass is 357 g/mol. The van der Waals surface area contributed by atoms with Crippen LogP contribution >= 0.6 is 11.8 Å². The molecule has 6 nitrogen and oxygen atoms in total. The Hall–Kier alpha value is -2.67. The minimum atomic E-state index is -0.386. The lowest BCUT2D eigenvalue weighted by Crippen LogP contribution is -2.34. The molecule has 0 N–H and O–H groups in total. The molecule has 0 saturated carbocycles. The fourth-order valence-electron chi connectivity index (χ4n) is 2.84. The molecule has 0 radical (unpaired) electrons. The van der Waals surface area contributed by atoms with Gasteiger partial charge < -0.3 is 19.1 Å². The molecule has 128 valence electrons. The van der Waals surface area contributed by atoms with E-state index < -0.39 is 0 Å². The SMILES string of the molecule is COC(=O)c1ccc2c(c1)SCC(=O)N2Cc1ccc2c(c1)OCO2. The minimum Gasteiger partial charge on any atom is -0.465 e. The summed E-state index contributed by atoms with van der Waals surface area (Å²) in [6.45, 7) is 0.651. The van der Waals surface area contributed by atoms with Gasteiger partial charge in [0.1, 0.15) is 0 Å². The normalized spacial score (nSPS) is 15.1. The van der Waals surface area contributed by atoms with E-state index in [9.17, 15) is 9.59 Å². The molecule has 0 unspecified atom stereocenters. The molecule has 0 fully saturated rings. The average molecular weight is 357 g/mol. The molecule has 4 rings (SSSR count). The molecule has 7 heteroatoms. The molecule has 25 heavy (non-hydrogen) atoms. The van der Waals surface area contributed by atoms with E-state index in [4.69, 9.17) is 14.2 Å². The number of hydrogen-bond acceptors (Lipinski definition) is 6. The number of benzene rings is 2. The van der Waals surface area contributed by atoms with Crippen molar-refractivity contribution in [3.05, 3.63) is 47.5 Å². The van der Waals surface area contributed by atoms with Crippen LogP contribution in [0.1, 0.15) is 15.9 Å². The van der Waals surface area contributed by atoms with E-state index in [1.54, 1.807) is 23.1 Å². The van der Waals surface area contributed by atoms with E-state index in [0.717, 1.165) is 16.1 Å². The highest BCUT2D eigenvalue weighted by atomic mass is 32.2. The van der Waals surface area contributed by atoms with E-state index in [1.807, 2.05) is 18.2 Å². The van der Waals surface area contributed by atoms with E-state index in [-0.39, 0.29) is 18.7 Å². The van der Waals surface area contributed by atoms with Gasteiger partial charge >= 0.3 is 5.97 Å². The second-order valence-electron chi connectivity index (χ2n) is 5.63. The Morgan fingerprint density at radius 1 is 1.20 bits per heavy atom. The highest BCUT2D eigenvalue weighted by molar-refractivity contribution is 8.00. The van der Waals surface area contributed by atoms with Crippen molar-refractivity contribution in [3.63, 3.8) is 0 Å². The number of carbonyl (C=O) groups is 2. The van der Waals surface area contributed by atoms with Crippen LogP contribution in [0.25, 0.3) is 0 Å². The van der Waals surface area contributed by atoms with Crippen molar-refractivity contribution in [3.8, 4) is 11.5 Å². The minimum absolute atomic E-state index is 0.0287. The lowest BCUT2D eigenvalue weighted by molar-refractivity contribution is -0.116. The van der Waals surface area contributed by atoms with Crippen molar-refractivity contribution in [2.45, 2.75) is 11.4 Å². The lowest BCUT2D eigenvalue weighted by atomic mass is 10.1. The van der Waals surface area contributed by atoms with Gasteiger partial charge in [-0.2, -0.15) is 0 Å². The van der Waals surface area contributed by atoms with Crippen LogP contribution in [0.2, 0.25) is 0 Å². The van der Waals surface area contributed by atoms with E-state index >= 15 is 0 Å². The summed E-state index contributed by atoms with van der Waals surface area (Å²) in [5.74, 6) is 1.39. The van der Waals surface area contributed by atoms with Gasteiger partial charge in [0.15, 0.2) is 11.5 Å². The quantitative estimate of drug-likeness (QED) is 0.787. The zero-order valence-electron chi connectivity index (χ0n) is 13.5. The van der Waals surface area contributed by atoms with Crippen molar-refractivity contribution in [1.82, 2.24) is 0 Å². The molecular formula is C18H15NO5S. The van der Waals surface area contributed by atoms with Crippen LogP contribution in [0.4, 0.5) is 5.69 Å². The Bertz CT molecular complexity index is 867. The molecule has 2 aliphatic rings. The van der Waals surface area contributed by atoms with Gasteiger partial charge in [-0.25, -0.2) is 4.79 Å². The van der Waals surface area contributed by atoms with Crippen LogP contribution in [0.3, 0.4) is 0 Å². The number of amides is 1. The van der Waals surface area contributed by atoms with Crippen molar-refractivity contribution < 1.29 is 23.8 Å². The maximum Gasteiger partial charge on any atom is 0.337 e. The summed E-state index contributed by atoms with van der Waals surface area (Å²) < 4.78 is 15.5. The number of esters is 1. The van der Waals surface area contributed by atoms with Crippen LogP contribution in [-0.4, -0.2) is 31.5 Å². The Labute approximate surface area is 148 Å². The summed E-state index contributed by atoms with van der Waals surface area (Å²) in [5, 5.41) is 0. The molecule has 0 spiro atoms. The Kier molecular flexibility index (Phi) is 4.01. The Morgan fingerprint density at radius 3 is 2.88 bits per heavy atom. The smallest absolute Gasteiger partial charge is 0.337 e. The molecular weight excluding hydrogens is 342 g/mol. The first kappa shape index (κ1) is 15.8. The topological polar surface area (TPSA) is 65.1 Å². The highest BCUT2D eigenvalue weighted by Crippen LogP contribution is 2.38. The predicted molar refractivity (Wildman–Crippen MR) is 92.3 cm³/mol. The number of hydrogen-bond donors (Lipinski definition) is 0. The number of methoxy groups -OCH3 is 1. The molecule has 2 aliphatic heterocycles. The molecule has 0 aromatic heterocycles. The van der Waals surface area contributed by atoms with Gasteiger partial charge in [0.05, 0.1) is 30.7 Å². The third-order valence-corrected chi connectivity index (χ3v) is 5.13. The molecule has 0 aliphatic carbocycles. The number of fused-ring (bicyclic) bond motifs is 2. The van der Waals surface area contributed by atoms with Crippen molar-refractivity contribution in [1.29, 1.82) is 0 Å². The fraction of sp³-hybridized carbons (Fsp3) is 0.222. The van der Waals surface area contributed by atoms with Gasteiger partial charge in [0.25, 0.3) is 0 Å². The average Bonchev–Trinajstić information content (AvgIpc) is 3.10. The molecule has 0 bridgehead atoms.